The van der Waals surface area contributed by atoms with E-state index in [1.165, 1.54) is 23.9 Å². The molecule has 0 saturated heterocycles. The number of halogens is 1. The number of fused-ring (bicyclic) bond motifs is 1. The summed E-state index contributed by atoms with van der Waals surface area (Å²) >= 11 is 0. The third kappa shape index (κ3) is 4.02. The van der Waals surface area contributed by atoms with Crippen molar-refractivity contribution < 1.29 is 28.4 Å². The number of esters is 1. The summed E-state index contributed by atoms with van der Waals surface area (Å²) in [5.41, 5.74) is 2.70. The second kappa shape index (κ2) is 8.62. The number of aromatic nitrogens is 4. The van der Waals surface area contributed by atoms with E-state index in [9.17, 15) is 14.3 Å². The molecule has 2 aromatic heterocycles. The van der Waals surface area contributed by atoms with Crippen molar-refractivity contribution in [1.82, 2.24) is 15.3 Å². The standard InChI is InChI=1S/C25H17FN4O4/c1-33-25(32)15-4-2-5-17(12-15)34-24-7-3-6-20-18(24)9-10-21(27-20)22-14-30(29-28-22)16-8-11-23(31)19(26)13-16/h2-14,31H,1H3/p+1. The minimum absolute atomic E-state index is 0.390. The zero-order chi connectivity index (χ0) is 23.7. The Morgan fingerprint density at radius 3 is 2.71 bits per heavy atom. The predicted octanol–water partition coefficient (Wildman–Crippen LogP) is 4.33. The van der Waals surface area contributed by atoms with Gasteiger partial charge in [-0.2, -0.15) is 0 Å². The monoisotopic (exact) mass is 457 g/mol. The van der Waals surface area contributed by atoms with E-state index in [4.69, 9.17) is 9.47 Å². The number of hydrogen-bond donors (Lipinski definition) is 2. The number of benzene rings is 3. The molecule has 0 saturated carbocycles. The lowest BCUT2D eigenvalue weighted by atomic mass is 10.1. The van der Waals surface area contributed by atoms with Crippen molar-refractivity contribution in [2.24, 2.45) is 0 Å². The zero-order valence-electron chi connectivity index (χ0n) is 17.9. The minimum atomic E-state index is -0.727. The fraction of sp³-hybridized carbons (Fsp3) is 0.0400. The lowest BCUT2D eigenvalue weighted by Gasteiger charge is -2.10. The lowest BCUT2D eigenvalue weighted by molar-refractivity contribution is -0.659. The first-order valence-corrected chi connectivity index (χ1v) is 10.2. The topological polar surface area (TPSA) is 101 Å². The molecule has 0 bridgehead atoms. The van der Waals surface area contributed by atoms with Crippen LogP contribution in [0.15, 0.2) is 79.0 Å². The molecule has 0 spiro atoms. The van der Waals surface area contributed by atoms with Crippen LogP contribution in [0.4, 0.5) is 4.39 Å². The maximum absolute atomic E-state index is 13.7. The number of nitrogens with one attached hydrogen (secondary N) is 1. The normalized spacial score (nSPS) is 10.9. The summed E-state index contributed by atoms with van der Waals surface area (Å²) in [6.45, 7) is 0. The van der Waals surface area contributed by atoms with Crippen LogP contribution in [0, 0.1) is 5.82 Å². The van der Waals surface area contributed by atoms with Crippen molar-refractivity contribution in [3.05, 3.63) is 90.4 Å². The summed E-state index contributed by atoms with van der Waals surface area (Å²) in [6.07, 6.45) is 1.68. The molecular weight excluding hydrogens is 439 g/mol. The number of carbonyl (C=O) groups is 1. The number of phenols is 1. The summed E-state index contributed by atoms with van der Waals surface area (Å²) < 4.78 is 26.0. The van der Waals surface area contributed by atoms with Crippen LogP contribution in [0.3, 0.4) is 0 Å². The van der Waals surface area contributed by atoms with Crippen molar-refractivity contribution >= 4 is 16.9 Å². The van der Waals surface area contributed by atoms with Gasteiger partial charge in [-0.25, -0.2) is 14.2 Å². The van der Waals surface area contributed by atoms with Gasteiger partial charge in [0.05, 0.1) is 18.2 Å². The molecule has 5 aromatic rings. The van der Waals surface area contributed by atoms with E-state index in [1.54, 1.807) is 42.6 Å². The molecule has 2 heterocycles. The van der Waals surface area contributed by atoms with Crippen LogP contribution in [0.5, 0.6) is 17.2 Å². The SMILES string of the molecule is COC(=O)c1cccc(Oc2cccc3nc(-c4c[n+](-c5ccc(O)c(F)c5)[nH]n4)ccc23)c1. The number of aromatic amines is 1. The Balaban J connectivity index is 1.45. The molecule has 9 heteroatoms. The first-order valence-electron chi connectivity index (χ1n) is 10.2. The molecular formula is C25H18FN4O4+. The number of methoxy groups -OCH3 is 1. The zero-order valence-corrected chi connectivity index (χ0v) is 17.9. The van der Waals surface area contributed by atoms with Gasteiger partial charge in [-0.3, -0.25) is 0 Å². The van der Waals surface area contributed by atoms with Gasteiger partial charge in [-0.05, 0) is 54.6 Å². The third-order valence-electron chi connectivity index (χ3n) is 5.18. The van der Waals surface area contributed by atoms with Crippen molar-refractivity contribution in [1.29, 1.82) is 0 Å². The van der Waals surface area contributed by atoms with Crippen LogP contribution < -0.4 is 9.42 Å². The average molecular weight is 457 g/mol. The number of hydrogen-bond acceptors (Lipinski definition) is 6. The highest BCUT2D eigenvalue weighted by molar-refractivity contribution is 5.90. The maximum Gasteiger partial charge on any atom is 0.337 e. The molecule has 5 rings (SSSR count). The lowest BCUT2D eigenvalue weighted by Crippen LogP contribution is -2.31. The Labute approximate surface area is 192 Å². The Kier molecular flexibility index (Phi) is 5.35. The second-order valence-corrected chi connectivity index (χ2v) is 7.37. The van der Waals surface area contributed by atoms with Crippen LogP contribution in [-0.4, -0.2) is 33.5 Å². The van der Waals surface area contributed by atoms with E-state index in [0.29, 0.717) is 39.7 Å². The van der Waals surface area contributed by atoms with Crippen LogP contribution >= 0.6 is 0 Å². The highest BCUT2D eigenvalue weighted by Gasteiger charge is 2.17. The van der Waals surface area contributed by atoms with Gasteiger partial charge in [-0.15, -0.1) is 4.68 Å². The van der Waals surface area contributed by atoms with Gasteiger partial charge >= 0.3 is 5.97 Å². The van der Waals surface area contributed by atoms with Gasteiger partial charge in [0.15, 0.2) is 23.5 Å². The smallest absolute Gasteiger partial charge is 0.337 e. The quantitative estimate of drug-likeness (QED) is 0.301. The Bertz CT molecular complexity index is 1530. The van der Waals surface area contributed by atoms with Gasteiger partial charge < -0.3 is 14.6 Å². The van der Waals surface area contributed by atoms with Gasteiger partial charge in [0.25, 0.3) is 5.69 Å². The summed E-state index contributed by atoms with van der Waals surface area (Å²) in [6, 6.07) is 19.9. The summed E-state index contributed by atoms with van der Waals surface area (Å²) in [7, 11) is 1.33. The van der Waals surface area contributed by atoms with Crippen LogP contribution in [0.1, 0.15) is 10.4 Å². The molecule has 0 amide bonds. The van der Waals surface area contributed by atoms with Crippen molar-refractivity contribution in [2.75, 3.05) is 7.11 Å². The highest BCUT2D eigenvalue weighted by Crippen LogP contribution is 2.31. The Morgan fingerprint density at radius 2 is 1.88 bits per heavy atom. The molecule has 0 aliphatic heterocycles. The molecule has 168 valence electrons. The number of aromatic hydroxyl groups is 1. The number of nitrogens with zero attached hydrogens (tertiary/aromatic N) is 3. The number of ether oxygens (including phenoxy) is 2. The summed E-state index contributed by atoms with van der Waals surface area (Å²) in [5, 5.41) is 17.2. The third-order valence-corrected chi connectivity index (χ3v) is 5.18. The highest BCUT2D eigenvalue weighted by atomic mass is 19.1. The molecule has 0 aliphatic carbocycles. The molecule has 8 nitrogen and oxygen atoms in total. The van der Waals surface area contributed by atoms with E-state index in [2.05, 4.69) is 15.3 Å². The van der Waals surface area contributed by atoms with E-state index in [1.807, 2.05) is 24.3 Å². The first kappa shape index (κ1) is 21.1. The van der Waals surface area contributed by atoms with Gasteiger partial charge in [-0.1, -0.05) is 17.3 Å². The molecule has 0 fully saturated rings. The minimum Gasteiger partial charge on any atom is -0.505 e. The molecule has 0 unspecified atom stereocenters. The first-order chi connectivity index (χ1) is 16.5. The number of carbonyl (C=O) groups excluding carboxylic acids is 1. The van der Waals surface area contributed by atoms with E-state index >= 15 is 0 Å². The van der Waals surface area contributed by atoms with Crippen LogP contribution in [0.2, 0.25) is 0 Å². The summed E-state index contributed by atoms with van der Waals surface area (Å²) in [4.78, 5) is 16.5. The largest absolute Gasteiger partial charge is 0.505 e. The maximum atomic E-state index is 13.7. The molecule has 34 heavy (non-hydrogen) atoms. The number of H-pyrrole nitrogens is 1. The van der Waals surface area contributed by atoms with E-state index in [-0.39, 0.29) is 0 Å². The Hall–Kier alpha value is -4.79. The average Bonchev–Trinajstić information content (AvgIpc) is 3.36. The van der Waals surface area contributed by atoms with Crippen molar-refractivity contribution in [3.8, 4) is 34.3 Å². The van der Waals surface area contributed by atoms with Crippen molar-refractivity contribution in [3.63, 3.8) is 0 Å². The fourth-order valence-electron chi connectivity index (χ4n) is 3.48. The molecule has 3 aromatic carbocycles. The molecule has 0 aliphatic rings. The van der Waals surface area contributed by atoms with E-state index in [0.717, 1.165) is 5.39 Å². The molecule has 0 radical (unpaired) electrons. The predicted molar refractivity (Wildman–Crippen MR) is 120 cm³/mol. The van der Waals surface area contributed by atoms with Crippen molar-refractivity contribution in [2.45, 2.75) is 0 Å². The molecule has 2 N–H and O–H groups in total. The van der Waals surface area contributed by atoms with E-state index < -0.39 is 17.5 Å². The number of pyridine rings is 1. The van der Waals surface area contributed by atoms with Gasteiger partial charge in [0.1, 0.15) is 17.2 Å². The van der Waals surface area contributed by atoms with Crippen LogP contribution in [-0.2, 0) is 4.74 Å². The number of rotatable bonds is 5. The second-order valence-electron chi connectivity index (χ2n) is 7.37. The fourth-order valence-corrected chi connectivity index (χ4v) is 3.48. The van der Waals surface area contributed by atoms with Gasteiger partial charge in [0.2, 0.25) is 0 Å². The Morgan fingerprint density at radius 1 is 1.03 bits per heavy atom. The molecule has 0 atom stereocenters. The number of phenolic OH excluding ortho intramolecular Hbond substituents is 1. The van der Waals surface area contributed by atoms with Gasteiger partial charge in [0, 0.05) is 16.6 Å². The van der Waals surface area contributed by atoms with Crippen LogP contribution in [0.25, 0.3) is 28.0 Å². The summed E-state index contributed by atoms with van der Waals surface area (Å²) in [5.74, 6) is -0.518.